The zero-order valence-electron chi connectivity index (χ0n) is 6.51. The van der Waals surface area contributed by atoms with E-state index >= 15 is 0 Å². The van der Waals surface area contributed by atoms with Crippen LogP contribution in [-0.4, -0.2) is 0 Å². The van der Waals surface area contributed by atoms with Gasteiger partial charge in [-0.25, -0.2) is 0 Å². The van der Waals surface area contributed by atoms with E-state index in [-0.39, 0.29) is 74.4 Å². The minimum atomic E-state index is 0. The van der Waals surface area contributed by atoms with Gasteiger partial charge in [0.25, 0.3) is 0 Å². The lowest BCUT2D eigenvalue weighted by Gasteiger charge is -1.88. The second-order valence-corrected chi connectivity index (χ2v) is 2.23. The standard InChI is InChI=1S/C6H4Cl2.6ClH/c7-5-3-1-2-4-6(5)8;;;;;;/h1-4H;6*1H. The Morgan fingerprint density at radius 2 is 0.786 bits per heavy atom. The lowest BCUT2D eigenvalue weighted by atomic mass is 10.4. The molecule has 0 saturated carbocycles. The smallest absolute Gasteiger partial charge is 0.0592 e. The molecule has 0 nitrogen and oxygen atoms in total. The number of halogens is 8. The Labute approximate surface area is 131 Å². The van der Waals surface area contributed by atoms with Crippen LogP contribution in [0.3, 0.4) is 0 Å². The van der Waals surface area contributed by atoms with Crippen LogP contribution < -0.4 is 0 Å². The number of benzene rings is 1. The molecule has 0 aromatic heterocycles. The topological polar surface area (TPSA) is 0 Å². The second-order valence-electron chi connectivity index (χ2n) is 1.41. The molecule has 0 N–H and O–H groups in total. The summed E-state index contributed by atoms with van der Waals surface area (Å²) in [5.41, 5.74) is 0. The molecule has 0 aliphatic rings. The zero-order chi connectivity index (χ0) is 5.98. The maximum absolute atomic E-state index is 5.58. The van der Waals surface area contributed by atoms with Gasteiger partial charge < -0.3 is 0 Å². The Hall–Kier alpha value is 1.54. The SMILES string of the molecule is Cl.Cl.Cl.Cl.Cl.Cl.Clc1ccccc1Cl. The van der Waals surface area contributed by atoms with Crippen LogP contribution in [0.4, 0.5) is 0 Å². The van der Waals surface area contributed by atoms with Crippen LogP contribution in [0, 0.1) is 0 Å². The van der Waals surface area contributed by atoms with Crippen molar-refractivity contribution < 1.29 is 0 Å². The summed E-state index contributed by atoms with van der Waals surface area (Å²) < 4.78 is 0. The predicted molar refractivity (Wildman–Crippen MR) is 79.9 cm³/mol. The average molecular weight is 366 g/mol. The van der Waals surface area contributed by atoms with Gasteiger partial charge in [-0.3, -0.25) is 0 Å². The first kappa shape index (κ1) is 36.1. The summed E-state index contributed by atoms with van der Waals surface area (Å²) in [6, 6.07) is 7.19. The molecule has 0 aliphatic heterocycles. The van der Waals surface area contributed by atoms with Gasteiger partial charge >= 0.3 is 0 Å². The molecule has 0 atom stereocenters. The Morgan fingerprint density at radius 3 is 0.929 bits per heavy atom. The highest BCUT2D eigenvalue weighted by atomic mass is 35.5. The number of rotatable bonds is 0. The Kier molecular flexibility index (Phi) is 51.6. The van der Waals surface area contributed by atoms with Crippen LogP contribution in [-0.2, 0) is 0 Å². The molecular weight excluding hydrogens is 356 g/mol. The molecule has 0 radical (unpaired) electrons. The van der Waals surface area contributed by atoms with Crippen molar-refractivity contribution in [3.8, 4) is 0 Å². The largest absolute Gasteiger partial charge is 0.147 e. The molecule has 14 heavy (non-hydrogen) atoms. The summed E-state index contributed by atoms with van der Waals surface area (Å²) in [6.07, 6.45) is 0. The van der Waals surface area contributed by atoms with Gasteiger partial charge in [0.2, 0.25) is 0 Å². The summed E-state index contributed by atoms with van der Waals surface area (Å²) in [7, 11) is 0. The summed E-state index contributed by atoms with van der Waals surface area (Å²) >= 11 is 11.2. The number of hydrogen-bond acceptors (Lipinski definition) is 0. The van der Waals surface area contributed by atoms with Gasteiger partial charge in [0.1, 0.15) is 0 Å². The first-order valence-corrected chi connectivity index (χ1v) is 2.96. The van der Waals surface area contributed by atoms with Gasteiger partial charge in [-0.2, -0.15) is 0 Å². The number of hydrogen-bond donors (Lipinski definition) is 0. The normalized spacial score (nSPS) is 5.29. The van der Waals surface area contributed by atoms with Crippen LogP contribution in [0.2, 0.25) is 10.0 Å². The van der Waals surface area contributed by atoms with E-state index in [1.54, 1.807) is 12.1 Å². The van der Waals surface area contributed by atoms with Crippen molar-refractivity contribution >= 4 is 97.6 Å². The summed E-state index contributed by atoms with van der Waals surface area (Å²) in [4.78, 5) is 0. The molecule has 0 saturated heterocycles. The average Bonchev–Trinajstić information content (AvgIpc) is 1.77. The predicted octanol–water partition coefficient (Wildman–Crippen LogP) is 5.52. The molecule has 1 aromatic carbocycles. The van der Waals surface area contributed by atoms with Crippen LogP contribution in [0.5, 0.6) is 0 Å². The van der Waals surface area contributed by atoms with Crippen LogP contribution in [0.25, 0.3) is 0 Å². The van der Waals surface area contributed by atoms with Gasteiger partial charge in [0.15, 0.2) is 0 Å². The van der Waals surface area contributed by atoms with Crippen molar-refractivity contribution in [3.05, 3.63) is 34.3 Å². The lowest BCUT2D eigenvalue weighted by molar-refractivity contribution is 1.71. The molecule has 0 heterocycles. The van der Waals surface area contributed by atoms with Crippen molar-refractivity contribution in [3.63, 3.8) is 0 Å². The van der Waals surface area contributed by atoms with Crippen LogP contribution in [0.1, 0.15) is 0 Å². The van der Waals surface area contributed by atoms with E-state index < -0.39 is 0 Å². The van der Waals surface area contributed by atoms with Gasteiger partial charge in [-0.15, -0.1) is 74.4 Å². The highest BCUT2D eigenvalue weighted by Gasteiger charge is 1.89. The lowest BCUT2D eigenvalue weighted by Crippen LogP contribution is -1.62. The van der Waals surface area contributed by atoms with Gasteiger partial charge in [0.05, 0.1) is 10.0 Å². The quantitative estimate of drug-likeness (QED) is 0.567. The first-order valence-electron chi connectivity index (χ1n) is 2.21. The Balaban J connectivity index is -0.0000000267. The van der Waals surface area contributed by atoms with E-state index in [0.717, 1.165) is 0 Å². The molecule has 0 fully saturated rings. The van der Waals surface area contributed by atoms with Gasteiger partial charge in [-0.1, -0.05) is 35.3 Å². The molecule has 0 aliphatic carbocycles. The van der Waals surface area contributed by atoms with E-state index in [0.29, 0.717) is 10.0 Å². The van der Waals surface area contributed by atoms with Gasteiger partial charge in [0, 0.05) is 0 Å². The van der Waals surface area contributed by atoms with E-state index in [1.807, 2.05) is 12.1 Å². The van der Waals surface area contributed by atoms with Crippen molar-refractivity contribution in [1.29, 1.82) is 0 Å². The molecule has 8 heteroatoms. The Bertz CT molecular complexity index is 170. The fraction of sp³-hybridized carbons (Fsp3) is 0. The van der Waals surface area contributed by atoms with Crippen molar-refractivity contribution in [1.82, 2.24) is 0 Å². The van der Waals surface area contributed by atoms with Crippen LogP contribution >= 0.6 is 97.6 Å². The van der Waals surface area contributed by atoms with E-state index in [9.17, 15) is 0 Å². The molecule has 0 spiro atoms. The van der Waals surface area contributed by atoms with Crippen molar-refractivity contribution in [2.24, 2.45) is 0 Å². The highest BCUT2D eigenvalue weighted by Crippen LogP contribution is 2.19. The molecule has 1 aromatic rings. The molecule has 0 unspecified atom stereocenters. The fourth-order valence-corrected chi connectivity index (χ4v) is 0.711. The zero-order valence-corrected chi connectivity index (χ0v) is 12.9. The molecule has 0 amide bonds. The van der Waals surface area contributed by atoms with E-state index in [4.69, 9.17) is 23.2 Å². The molecule has 1 rings (SSSR count). The third kappa shape index (κ3) is 13.5. The van der Waals surface area contributed by atoms with E-state index in [1.165, 1.54) is 0 Å². The van der Waals surface area contributed by atoms with E-state index in [2.05, 4.69) is 0 Å². The fourth-order valence-electron chi connectivity index (χ4n) is 0.439. The molecule has 90 valence electrons. The minimum Gasteiger partial charge on any atom is -0.147 e. The Morgan fingerprint density at radius 1 is 0.571 bits per heavy atom. The monoisotopic (exact) mass is 362 g/mol. The maximum atomic E-state index is 5.58. The van der Waals surface area contributed by atoms with Crippen LogP contribution in [0.15, 0.2) is 24.3 Å². The maximum Gasteiger partial charge on any atom is 0.0592 e. The van der Waals surface area contributed by atoms with Gasteiger partial charge in [-0.05, 0) is 12.1 Å². The first-order chi connectivity index (χ1) is 3.80. The summed E-state index contributed by atoms with van der Waals surface area (Å²) in [5.74, 6) is 0. The van der Waals surface area contributed by atoms with Crippen molar-refractivity contribution in [2.45, 2.75) is 0 Å². The summed E-state index contributed by atoms with van der Waals surface area (Å²) in [6.45, 7) is 0. The second kappa shape index (κ2) is 20.0. The highest BCUT2D eigenvalue weighted by molar-refractivity contribution is 6.41. The molecule has 0 bridgehead atoms. The third-order valence-corrected chi connectivity index (χ3v) is 1.58. The van der Waals surface area contributed by atoms with Crippen molar-refractivity contribution in [2.75, 3.05) is 0 Å². The summed E-state index contributed by atoms with van der Waals surface area (Å²) in [5, 5.41) is 1.21. The minimum absolute atomic E-state index is 0. The molecular formula is C6H10Cl8. The third-order valence-electron chi connectivity index (χ3n) is 0.824.